The lowest BCUT2D eigenvalue weighted by molar-refractivity contribution is -0.0292. The molecule has 150 valence electrons. The van der Waals surface area contributed by atoms with Gasteiger partial charge >= 0.3 is 0 Å². The zero-order valence-corrected chi connectivity index (χ0v) is 16.0. The Labute approximate surface area is 168 Å². The SMILES string of the molecule is O=C(NC[C@H]1CN(Cc2ccccc2)CCO1)c1cn[nH]c1-c1ccc(F)cc1. The summed E-state index contributed by atoms with van der Waals surface area (Å²) in [6.07, 6.45) is 1.41. The van der Waals surface area contributed by atoms with Gasteiger partial charge in [-0.25, -0.2) is 4.39 Å². The highest BCUT2D eigenvalue weighted by Crippen LogP contribution is 2.21. The average molecular weight is 394 g/mol. The van der Waals surface area contributed by atoms with Gasteiger partial charge in [0.2, 0.25) is 0 Å². The second kappa shape index (κ2) is 8.98. The minimum absolute atomic E-state index is 0.0717. The summed E-state index contributed by atoms with van der Waals surface area (Å²) >= 11 is 0. The van der Waals surface area contributed by atoms with Crippen LogP contribution in [0.1, 0.15) is 15.9 Å². The molecule has 0 bridgehead atoms. The third kappa shape index (κ3) is 4.88. The van der Waals surface area contributed by atoms with Crippen LogP contribution in [0, 0.1) is 5.82 Å². The van der Waals surface area contributed by atoms with Gasteiger partial charge in [-0.05, 0) is 29.8 Å². The summed E-state index contributed by atoms with van der Waals surface area (Å²) in [6.45, 7) is 3.55. The molecule has 0 radical (unpaired) electrons. The molecule has 1 aliphatic heterocycles. The maximum atomic E-state index is 13.2. The van der Waals surface area contributed by atoms with Crippen molar-refractivity contribution < 1.29 is 13.9 Å². The largest absolute Gasteiger partial charge is 0.374 e. The third-order valence-corrected chi connectivity index (χ3v) is 4.98. The highest BCUT2D eigenvalue weighted by atomic mass is 19.1. The first-order chi connectivity index (χ1) is 14.2. The fourth-order valence-corrected chi connectivity index (χ4v) is 3.49. The van der Waals surface area contributed by atoms with Crippen LogP contribution in [0.3, 0.4) is 0 Å². The highest BCUT2D eigenvalue weighted by Gasteiger charge is 2.22. The molecule has 0 aliphatic carbocycles. The number of morpholine rings is 1. The predicted molar refractivity (Wildman–Crippen MR) is 108 cm³/mol. The number of amides is 1. The number of halogens is 1. The van der Waals surface area contributed by atoms with E-state index >= 15 is 0 Å². The van der Waals surface area contributed by atoms with E-state index < -0.39 is 0 Å². The number of rotatable bonds is 6. The van der Waals surface area contributed by atoms with Gasteiger partial charge in [0.05, 0.1) is 30.2 Å². The van der Waals surface area contributed by atoms with E-state index in [1.165, 1.54) is 23.9 Å². The van der Waals surface area contributed by atoms with Crippen LogP contribution >= 0.6 is 0 Å². The first-order valence-corrected chi connectivity index (χ1v) is 9.64. The number of carbonyl (C=O) groups excluding carboxylic acids is 1. The normalized spacial score (nSPS) is 17.2. The maximum absolute atomic E-state index is 13.2. The first kappa shape index (κ1) is 19.3. The van der Waals surface area contributed by atoms with E-state index in [1.807, 2.05) is 18.2 Å². The zero-order chi connectivity index (χ0) is 20.1. The quantitative estimate of drug-likeness (QED) is 0.675. The minimum atomic E-state index is -0.325. The monoisotopic (exact) mass is 394 g/mol. The standard InChI is InChI=1S/C22H23FN4O2/c23-18-8-6-17(7-9-18)21-20(13-25-26-21)22(28)24-12-19-15-27(10-11-29-19)14-16-4-2-1-3-5-16/h1-9,13,19H,10-12,14-15H2,(H,24,28)(H,25,26)/t19-/m0/s1. The molecule has 1 saturated heterocycles. The molecule has 7 heteroatoms. The van der Waals surface area contributed by atoms with Crippen LogP contribution in [0.15, 0.2) is 60.8 Å². The van der Waals surface area contributed by atoms with Crippen LogP contribution in [0.4, 0.5) is 4.39 Å². The summed E-state index contributed by atoms with van der Waals surface area (Å²) in [4.78, 5) is 15.0. The Morgan fingerprint density at radius 2 is 2.00 bits per heavy atom. The summed E-state index contributed by atoms with van der Waals surface area (Å²) in [5.41, 5.74) is 2.96. The number of H-pyrrole nitrogens is 1. The van der Waals surface area contributed by atoms with Crippen molar-refractivity contribution in [2.45, 2.75) is 12.6 Å². The summed E-state index contributed by atoms with van der Waals surface area (Å²) in [5.74, 6) is -0.560. The van der Waals surface area contributed by atoms with E-state index in [4.69, 9.17) is 4.74 Å². The summed E-state index contributed by atoms with van der Waals surface area (Å²) in [6, 6.07) is 16.3. The molecule has 1 atom stereocenters. The van der Waals surface area contributed by atoms with Crippen LogP contribution < -0.4 is 5.32 Å². The Morgan fingerprint density at radius 1 is 1.21 bits per heavy atom. The van der Waals surface area contributed by atoms with Crippen molar-refractivity contribution >= 4 is 5.91 Å². The van der Waals surface area contributed by atoms with Crippen molar-refractivity contribution in [2.24, 2.45) is 0 Å². The molecule has 2 heterocycles. The maximum Gasteiger partial charge on any atom is 0.255 e. The third-order valence-electron chi connectivity index (χ3n) is 4.98. The summed E-state index contributed by atoms with van der Waals surface area (Å²) in [5, 5.41) is 9.73. The van der Waals surface area contributed by atoms with Gasteiger partial charge in [-0.3, -0.25) is 14.8 Å². The highest BCUT2D eigenvalue weighted by molar-refractivity contribution is 5.99. The second-order valence-corrected chi connectivity index (χ2v) is 7.09. The summed E-state index contributed by atoms with van der Waals surface area (Å²) in [7, 11) is 0. The Hall–Kier alpha value is -3.03. The van der Waals surface area contributed by atoms with Crippen molar-refractivity contribution in [1.29, 1.82) is 0 Å². The molecule has 0 unspecified atom stereocenters. The number of aromatic amines is 1. The number of ether oxygens (including phenoxy) is 1. The number of nitrogens with one attached hydrogen (secondary N) is 2. The molecule has 2 aromatic carbocycles. The van der Waals surface area contributed by atoms with Crippen LogP contribution in [0.2, 0.25) is 0 Å². The van der Waals surface area contributed by atoms with Gasteiger partial charge in [0.1, 0.15) is 5.82 Å². The molecule has 1 amide bonds. The van der Waals surface area contributed by atoms with Gasteiger partial charge in [0.25, 0.3) is 5.91 Å². The van der Waals surface area contributed by atoms with Gasteiger partial charge in [0.15, 0.2) is 0 Å². The number of hydrogen-bond acceptors (Lipinski definition) is 4. The van der Waals surface area contributed by atoms with Gasteiger partial charge in [0, 0.05) is 31.7 Å². The Kier molecular flexibility index (Phi) is 5.97. The fourth-order valence-electron chi connectivity index (χ4n) is 3.49. The average Bonchev–Trinajstić information content (AvgIpc) is 3.24. The van der Waals surface area contributed by atoms with Gasteiger partial charge in [-0.2, -0.15) is 5.10 Å². The molecule has 29 heavy (non-hydrogen) atoms. The smallest absolute Gasteiger partial charge is 0.255 e. The van der Waals surface area contributed by atoms with Crippen LogP contribution in [-0.2, 0) is 11.3 Å². The molecule has 2 N–H and O–H groups in total. The van der Waals surface area contributed by atoms with E-state index in [9.17, 15) is 9.18 Å². The van der Waals surface area contributed by atoms with Crippen molar-refractivity contribution in [3.63, 3.8) is 0 Å². The molecule has 1 aromatic heterocycles. The van der Waals surface area contributed by atoms with Crippen LogP contribution in [-0.4, -0.2) is 53.3 Å². The lowest BCUT2D eigenvalue weighted by Gasteiger charge is -2.33. The fraction of sp³-hybridized carbons (Fsp3) is 0.273. The Bertz CT molecular complexity index is 943. The van der Waals surface area contributed by atoms with Gasteiger partial charge < -0.3 is 10.1 Å². The van der Waals surface area contributed by atoms with Crippen molar-refractivity contribution in [1.82, 2.24) is 20.4 Å². The zero-order valence-electron chi connectivity index (χ0n) is 16.0. The van der Waals surface area contributed by atoms with E-state index in [0.29, 0.717) is 30.0 Å². The molecular formula is C22H23FN4O2. The Morgan fingerprint density at radius 3 is 2.79 bits per heavy atom. The molecule has 0 spiro atoms. The first-order valence-electron chi connectivity index (χ1n) is 9.64. The van der Waals surface area contributed by atoms with E-state index in [-0.39, 0.29) is 17.8 Å². The number of carbonyl (C=O) groups is 1. The van der Waals surface area contributed by atoms with Gasteiger partial charge in [-0.15, -0.1) is 0 Å². The number of aromatic nitrogens is 2. The van der Waals surface area contributed by atoms with E-state index in [0.717, 1.165) is 19.6 Å². The minimum Gasteiger partial charge on any atom is -0.374 e. The number of nitrogens with zero attached hydrogens (tertiary/aromatic N) is 2. The van der Waals surface area contributed by atoms with Crippen molar-refractivity contribution in [3.05, 3.63) is 77.7 Å². The number of benzene rings is 2. The van der Waals surface area contributed by atoms with Crippen molar-refractivity contribution in [3.8, 4) is 11.3 Å². The van der Waals surface area contributed by atoms with Gasteiger partial charge in [-0.1, -0.05) is 30.3 Å². The molecule has 0 saturated carbocycles. The molecule has 1 fully saturated rings. The topological polar surface area (TPSA) is 70.2 Å². The van der Waals surface area contributed by atoms with E-state index in [2.05, 4.69) is 32.5 Å². The molecular weight excluding hydrogens is 371 g/mol. The second-order valence-electron chi connectivity index (χ2n) is 7.09. The molecule has 4 rings (SSSR count). The number of hydrogen-bond donors (Lipinski definition) is 2. The lowest BCUT2D eigenvalue weighted by Crippen LogP contribution is -2.47. The summed E-state index contributed by atoms with van der Waals surface area (Å²) < 4.78 is 19.0. The predicted octanol–water partition coefficient (Wildman–Crippen LogP) is 2.85. The molecule has 3 aromatic rings. The van der Waals surface area contributed by atoms with Crippen molar-refractivity contribution in [2.75, 3.05) is 26.2 Å². The molecule has 6 nitrogen and oxygen atoms in total. The molecule has 1 aliphatic rings. The Balaban J connectivity index is 1.34. The van der Waals surface area contributed by atoms with Crippen LogP contribution in [0.5, 0.6) is 0 Å². The van der Waals surface area contributed by atoms with Crippen LogP contribution in [0.25, 0.3) is 11.3 Å². The van der Waals surface area contributed by atoms with E-state index in [1.54, 1.807) is 12.1 Å². The lowest BCUT2D eigenvalue weighted by atomic mass is 10.1.